The molecule has 0 saturated carbocycles. The van der Waals surface area contributed by atoms with Crippen LogP contribution in [-0.2, 0) is 11.2 Å². The molecule has 5 heteroatoms. The summed E-state index contributed by atoms with van der Waals surface area (Å²) in [6, 6.07) is 10.1. The Labute approximate surface area is 129 Å². The van der Waals surface area contributed by atoms with E-state index in [1.807, 2.05) is 12.1 Å². The van der Waals surface area contributed by atoms with Crippen LogP contribution in [0.3, 0.4) is 0 Å². The Morgan fingerprint density at radius 1 is 1.24 bits per heavy atom. The highest BCUT2D eigenvalue weighted by atomic mass is 35.5. The van der Waals surface area contributed by atoms with Crippen molar-refractivity contribution in [3.8, 4) is 0 Å². The number of pyridine rings is 1. The first kappa shape index (κ1) is 16.9. The third-order valence-electron chi connectivity index (χ3n) is 2.76. The number of nitrogens with one attached hydrogen (secondary N) is 1. The quantitative estimate of drug-likeness (QED) is 0.863. The number of amides is 1. The summed E-state index contributed by atoms with van der Waals surface area (Å²) in [6.07, 6.45) is 6.99. The number of halogens is 2. The van der Waals surface area contributed by atoms with Crippen LogP contribution in [0.4, 0.5) is 4.39 Å². The molecule has 0 atom stereocenters. The van der Waals surface area contributed by atoms with Gasteiger partial charge in [0.15, 0.2) is 0 Å². The van der Waals surface area contributed by atoms with E-state index in [9.17, 15) is 9.18 Å². The molecule has 0 fully saturated rings. The smallest absolute Gasteiger partial charge is 0.244 e. The van der Waals surface area contributed by atoms with Crippen LogP contribution in [0.5, 0.6) is 0 Å². The van der Waals surface area contributed by atoms with Crippen LogP contribution in [0, 0.1) is 5.82 Å². The lowest BCUT2D eigenvalue weighted by Crippen LogP contribution is -2.23. The molecular formula is C16H16ClFN2O. The van der Waals surface area contributed by atoms with Crippen LogP contribution in [0.25, 0.3) is 6.08 Å². The van der Waals surface area contributed by atoms with Crippen molar-refractivity contribution in [3.05, 3.63) is 71.8 Å². The van der Waals surface area contributed by atoms with Crippen molar-refractivity contribution < 1.29 is 9.18 Å². The van der Waals surface area contributed by atoms with Gasteiger partial charge in [-0.25, -0.2) is 4.39 Å². The summed E-state index contributed by atoms with van der Waals surface area (Å²) in [6.45, 7) is 0.520. The van der Waals surface area contributed by atoms with Crippen LogP contribution >= 0.6 is 12.4 Å². The SMILES string of the molecule is Cl.O=C(C=Cc1ccccc1F)NCCc1cccnc1. The normalized spacial score (nSPS) is 10.1. The molecule has 0 bridgehead atoms. The van der Waals surface area contributed by atoms with Gasteiger partial charge in [-0.05, 0) is 30.2 Å². The minimum absolute atomic E-state index is 0. The van der Waals surface area contributed by atoms with Crippen LogP contribution in [0.2, 0.25) is 0 Å². The number of benzene rings is 1. The van der Waals surface area contributed by atoms with Crippen LogP contribution in [-0.4, -0.2) is 17.4 Å². The number of carbonyl (C=O) groups is 1. The highest BCUT2D eigenvalue weighted by Crippen LogP contribution is 2.07. The third kappa shape index (κ3) is 5.75. The van der Waals surface area contributed by atoms with E-state index in [2.05, 4.69) is 10.3 Å². The molecule has 21 heavy (non-hydrogen) atoms. The predicted molar refractivity (Wildman–Crippen MR) is 83.6 cm³/mol. The molecule has 1 N–H and O–H groups in total. The summed E-state index contributed by atoms with van der Waals surface area (Å²) in [5.74, 6) is -0.580. The molecular weight excluding hydrogens is 291 g/mol. The summed E-state index contributed by atoms with van der Waals surface area (Å²) < 4.78 is 13.3. The van der Waals surface area contributed by atoms with E-state index in [4.69, 9.17) is 0 Å². The molecule has 2 aromatic rings. The molecule has 3 nitrogen and oxygen atoms in total. The van der Waals surface area contributed by atoms with Crippen molar-refractivity contribution in [3.63, 3.8) is 0 Å². The third-order valence-corrected chi connectivity index (χ3v) is 2.76. The predicted octanol–water partition coefficient (Wildman–Crippen LogP) is 3.01. The van der Waals surface area contributed by atoms with Crippen LogP contribution in [0.1, 0.15) is 11.1 Å². The molecule has 110 valence electrons. The molecule has 1 amide bonds. The minimum atomic E-state index is -0.341. The van der Waals surface area contributed by atoms with E-state index in [1.165, 1.54) is 18.2 Å². The fourth-order valence-electron chi connectivity index (χ4n) is 1.71. The summed E-state index contributed by atoms with van der Waals surface area (Å²) in [7, 11) is 0. The Balaban J connectivity index is 0.00000220. The zero-order chi connectivity index (χ0) is 14.2. The van der Waals surface area contributed by atoms with Gasteiger partial charge in [-0.3, -0.25) is 9.78 Å². The lowest BCUT2D eigenvalue weighted by molar-refractivity contribution is -0.116. The Bertz CT molecular complexity index is 602. The van der Waals surface area contributed by atoms with Crippen molar-refractivity contribution in [1.82, 2.24) is 10.3 Å². The first-order valence-electron chi connectivity index (χ1n) is 6.35. The first-order valence-corrected chi connectivity index (χ1v) is 6.35. The molecule has 0 spiro atoms. The average Bonchev–Trinajstić information content (AvgIpc) is 2.47. The fourth-order valence-corrected chi connectivity index (χ4v) is 1.71. The number of hydrogen-bond acceptors (Lipinski definition) is 2. The largest absolute Gasteiger partial charge is 0.352 e. The van der Waals surface area contributed by atoms with E-state index in [1.54, 1.807) is 30.6 Å². The lowest BCUT2D eigenvalue weighted by atomic mass is 10.2. The Kier molecular flexibility index (Phi) is 7.12. The van der Waals surface area contributed by atoms with Crippen LogP contribution < -0.4 is 5.32 Å². The maximum absolute atomic E-state index is 13.3. The van der Waals surface area contributed by atoms with Crippen molar-refractivity contribution in [1.29, 1.82) is 0 Å². The Morgan fingerprint density at radius 2 is 2.05 bits per heavy atom. The second-order valence-electron chi connectivity index (χ2n) is 4.26. The summed E-state index contributed by atoms with van der Waals surface area (Å²) >= 11 is 0. The van der Waals surface area contributed by atoms with Gasteiger partial charge >= 0.3 is 0 Å². The van der Waals surface area contributed by atoms with Crippen LogP contribution in [0.15, 0.2) is 54.9 Å². The number of carbonyl (C=O) groups excluding carboxylic acids is 1. The molecule has 0 radical (unpaired) electrons. The second-order valence-corrected chi connectivity index (χ2v) is 4.26. The van der Waals surface area contributed by atoms with Gasteiger partial charge in [-0.1, -0.05) is 24.3 Å². The van der Waals surface area contributed by atoms with E-state index in [0.717, 1.165) is 5.56 Å². The maximum Gasteiger partial charge on any atom is 0.244 e. The molecule has 0 unspecified atom stereocenters. The molecule has 1 heterocycles. The molecule has 1 aromatic carbocycles. The number of rotatable bonds is 5. The van der Waals surface area contributed by atoms with Gasteiger partial charge in [-0.2, -0.15) is 0 Å². The van der Waals surface area contributed by atoms with Crippen molar-refractivity contribution >= 4 is 24.4 Å². The zero-order valence-electron chi connectivity index (χ0n) is 11.3. The van der Waals surface area contributed by atoms with Crippen molar-refractivity contribution in [2.24, 2.45) is 0 Å². The number of nitrogens with zero attached hydrogens (tertiary/aromatic N) is 1. The van der Waals surface area contributed by atoms with E-state index in [-0.39, 0.29) is 24.1 Å². The standard InChI is InChI=1S/C16H15FN2O.ClH/c17-15-6-2-1-5-14(15)7-8-16(20)19-11-9-13-4-3-10-18-12-13;/h1-8,10,12H,9,11H2,(H,19,20);1H. The van der Waals surface area contributed by atoms with E-state index >= 15 is 0 Å². The summed E-state index contributed by atoms with van der Waals surface area (Å²) in [5, 5.41) is 2.74. The van der Waals surface area contributed by atoms with Gasteiger partial charge in [0.05, 0.1) is 0 Å². The van der Waals surface area contributed by atoms with E-state index < -0.39 is 0 Å². The van der Waals surface area contributed by atoms with Gasteiger partial charge in [0.1, 0.15) is 5.82 Å². The Hall–Kier alpha value is -2.20. The second kappa shape index (κ2) is 8.87. The average molecular weight is 307 g/mol. The highest BCUT2D eigenvalue weighted by molar-refractivity contribution is 5.91. The summed E-state index contributed by atoms with van der Waals surface area (Å²) in [5.41, 5.74) is 1.46. The topological polar surface area (TPSA) is 42.0 Å². The van der Waals surface area contributed by atoms with Crippen molar-refractivity contribution in [2.75, 3.05) is 6.54 Å². The number of hydrogen-bond donors (Lipinski definition) is 1. The molecule has 0 aliphatic carbocycles. The molecule has 1 aromatic heterocycles. The van der Waals surface area contributed by atoms with Gasteiger partial charge in [0, 0.05) is 30.6 Å². The van der Waals surface area contributed by atoms with Gasteiger partial charge in [0.25, 0.3) is 0 Å². The lowest BCUT2D eigenvalue weighted by Gasteiger charge is -2.02. The van der Waals surface area contributed by atoms with Gasteiger partial charge < -0.3 is 5.32 Å². The molecule has 0 saturated heterocycles. The van der Waals surface area contributed by atoms with Gasteiger partial charge in [-0.15, -0.1) is 12.4 Å². The number of aromatic nitrogens is 1. The molecule has 0 aliphatic rings. The highest BCUT2D eigenvalue weighted by Gasteiger charge is 1.99. The zero-order valence-corrected chi connectivity index (χ0v) is 12.1. The Morgan fingerprint density at radius 3 is 2.76 bits per heavy atom. The maximum atomic E-state index is 13.3. The van der Waals surface area contributed by atoms with Crippen molar-refractivity contribution in [2.45, 2.75) is 6.42 Å². The van der Waals surface area contributed by atoms with E-state index in [0.29, 0.717) is 18.5 Å². The minimum Gasteiger partial charge on any atom is -0.352 e. The fraction of sp³-hybridized carbons (Fsp3) is 0.125. The molecule has 2 rings (SSSR count). The summed E-state index contributed by atoms with van der Waals surface area (Å²) in [4.78, 5) is 15.6. The molecule has 0 aliphatic heterocycles. The monoisotopic (exact) mass is 306 g/mol. The van der Waals surface area contributed by atoms with Gasteiger partial charge in [0.2, 0.25) is 5.91 Å². The first-order chi connectivity index (χ1) is 9.75.